The van der Waals surface area contributed by atoms with Gasteiger partial charge >= 0.3 is 0 Å². The van der Waals surface area contributed by atoms with Gasteiger partial charge in [0.15, 0.2) is 0 Å². The number of benzene rings is 1. The average Bonchev–Trinajstić information content (AvgIpc) is 3.26. The molecule has 1 aromatic carbocycles. The fraction of sp³-hybridized carbons (Fsp3) is 0.320. The smallest absolute Gasteiger partial charge is 0.254 e. The summed E-state index contributed by atoms with van der Waals surface area (Å²) < 4.78 is 0. The zero-order chi connectivity index (χ0) is 22.5. The lowest BCUT2D eigenvalue weighted by atomic mass is 10.1. The molecular formula is C25H27ClN4O2. The molecule has 0 saturated carbocycles. The lowest BCUT2D eigenvalue weighted by Crippen LogP contribution is -2.30. The normalized spacial score (nSPS) is 15.9. The number of halogens is 1. The van der Waals surface area contributed by atoms with Crippen molar-refractivity contribution in [2.45, 2.75) is 31.4 Å². The highest BCUT2D eigenvalue weighted by Crippen LogP contribution is 2.34. The van der Waals surface area contributed by atoms with Crippen molar-refractivity contribution >= 4 is 17.5 Å². The SMILES string of the molecule is CN(C(=O)c1ccc(CCNCC(O)c2ccc(Cl)nc2)cc1)C1CCc2ncccc21. The number of nitrogens with one attached hydrogen (secondary N) is 1. The first-order valence-electron chi connectivity index (χ1n) is 10.8. The average molecular weight is 451 g/mol. The van der Waals surface area contributed by atoms with E-state index in [-0.39, 0.29) is 11.9 Å². The van der Waals surface area contributed by atoms with Gasteiger partial charge in [0.2, 0.25) is 0 Å². The number of aromatic nitrogens is 2. The number of aryl methyl sites for hydroxylation is 1. The zero-order valence-corrected chi connectivity index (χ0v) is 18.8. The summed E-state index contributed by atoms with van der Waals surface area (Å²) in [4.78, 5) is 23.3. The molecule has 32 heavy (non-hydrogen) atoms. The third kappa shape index (κ3) is 5.15. The van der Waals surface area contributed by atoms with E-state index in [1.807, 2.05) is 48.5 Å². The number of hydrogen-bond donors (Lipinski definition) is 2. The van der Waals surface area contributed by atoms with E-state index >= 15 is 0 Å². The molecule has 3 aromatic rings. The van der Waals surface area contributed by atoms with Gasteiger partial charge < -0.3 is 15.3 Å². The molecule has 7 heteroatoms. The number of fused-ring (bicyclic) bond motifs is 1. The fourth-order valence-electron chi connectivity index (χ4n) is 4.13. The van der Waals surface area contributed by atoms with Gasteiger partial charge in [-0.3, -0.25) is 9.78 Å². The fourth-order valence-corrected chi connectivity index (χ4v) is 4.24. The van der Waals surface area contributed by atoms with Gasteiger partial charge in [0.05, 0.1) is 12.1 Å². The first kappa shape index (κ1) is 22.4. The van der Waals surface area contributed by atoms with Crippen LogP contribution in [0, 0.1) is 0 Å². The van der Waals surface area contributed by atoms with Crippen LogP contribution in [0.3, 0.4) is 0 Å². The van der Waals surface area contributed by atoms with Crippen LogP contribution in [0.15, 0.2) is 60.9 Å². The maximum absolute atomic E-state index is 13.0. The highest BCUT2D eigenvalue weighted by Gasteiger charge is 2.29. The molecule has 2 N–H and O–H groups in total. The molecule has 1 aliphatic carbocycles. The summed E-state index contributed by atoms with van der Waals surface area (Å²) in [5, 5.41) is 13.9. The van der Waals surface area contributed by atoms with Gasteiger partial charge in [0.1, 0.15) is 5.15 Å². The van der Waals surface area contributed by atoms with Crippen LogP contribution in [-0.4, -0.2) is 46.0 Å². The summed E-state index contributed by atoms with van der Waals surface area (Å²) in [5.74, 6) is 0.0241. The van der Waals surface area contributed by atoms with Gasteiger partial charge in [-0.05, 0) is 61.2 Å². The van der Waals surface area contributed by atoms with E-state index in [1.165, 1.54) is 0 Å². The number of amides is 1. The van der Waals surface area contributed by atoms with Crippen molar-refractivity contribution in [1.29, 1.82) is 0 Å². The summed E-state index contributed by atoms with van der Waals surface area (Å²) in [6.45, 7) is 1.15. The van der Waals surface area contributed by atoms with Crippen LogP contribution in [0.25, 0.3) is 0 Å². The van der Waals surface area contributed by atoms with Gasteiger partial charge in [0, 0.05) is 42.8 Å². The van der Waals surface area contributed by atoms with Crippen molar-refractivity contribution in [2.75, 3.05) is 20.1 Å². The molecule has 0 saturated heterocycles. The first-order chi connectivity index (χ1) is 15.5. The van der Waals surface area contributed by atoms with Crippen molar-refractivity contribution in [3.63, 3.8) is 0 Å². The third-order valence-corrected chi connectivity index (χ3v) is 6.21. The van der Waals surface area contributed by atoms with Crippen LogP contribution >= 0.6 is 11.6 Å². The summed E-state index contributed by atoms with van der Waals surface area (Å²) in [7, 11) is 1.87. The Bertz CT molecular complexity index is 1060. The third-order valence-electron chi connectivity index (χ3n) is 5.99. The van der Waals surface area contributed by atoms with Gasteiger partial charge in [-0.25, -0.2) is 4.98 Å². The second kappa shape index (κ2) is 10.2. The van der Waals surface area contributed by atoms with Crippen molar-refractivity contribution in [1.82, 2.24) is 20.2 Å². The Morgan fingerprint density at radius 3 is 2.78 bits per heavy atom. The van der Waals surface area contributed by atoms with Crippen LogP contribution in [0.2, 0.25) is 5.15 Å². The zero-order valence-electron chi connectivity index (χ0n) is 18.0. The number of aliphatic hydroxyl groups excluding tert-OH is 1. The topological polar surface area (TPSA) is 78.4 Å². The van der Waals surface area contributed by atoms with Crippen molar-refractivity contribution in [3.8, 4) is 0 Å². The molecule has 166 valence electrons. The molecule has 0 fully saturated rings. The van der Waals surface area contributed by atoms with Crippen LogP contribution in [-0.2, 0) is 12.8 Å². The molecule has 1 aliphatic rings. The van der Waals surface area contributed by atoms with Crippen molar-refractivity contribution < 1.29 is 9.90 Å². The van der Waals surface area contributed by atoms with Gasteiger partial charge in [0.25, 0.3) is 5.91 Å². The van der Waals surface area contributed by atoms with Crippen LogP contribution < -0.4 is 5.32 Å². The molecule has 0 radical (unpaired) electrons. The molecular weight excluding hydrogens is 424 g/mol. The number of pyridine rings is 2. The van der Waals surface area contributed by atoms with E-state index in [4.69, 9.17) is 11.6 Å². The molecule has 4 rings (SSSR count). The quantitative estimate of drug-likeness (QED) is 0.403. The molecule has 2 aromatic heterocycles. The summed E-state index contributed by atoms with van der Waals surface area (Å²) in [6.07, 6.45) is 5.39. The van der Waals surface area contributed by atoms with Gasteiger partial charge in [-0.2, -0.15) is 0 Å². The minimum Gasteiger partial charge on any atom is -0.387 e. The Morgan fingerprint density at radius 1 is 1.22 bits per heavy atom. The highest BCUT2D eigenvalue weighted by molar-refractivity contribution is 6.29. The maximum atomic E-state index is 13.0. The molecule has 1 amide bonds. The van der Waals surface area contributed by atoms with E-state index in [1.54, 1.807) is 18.3 Å². The Labute approximate surface area is 193 Å². The molecule has 6 nitrogen and oxygen atoms in total. The van der Waals surface area contributed by atoms with Crippen molar-refractivity contribution in [3.05, 3.63) is 94.0 Å². The number of rotatable bonds is 8. The van der Waals surface area contributed by atoms with E-state index in [0.717, 1.165) is 48.2 Å². The molecule has 0 bridgehead atoms. The van der Waals surface area contributed by atoms with Crippen molar-refractivity contribution in [2.24, 2.45) is 0 Å². The minimum atomic E-state index is -0.633. The first-order valence-corrected chi connectivity index (χ1v) is 11.2. The monoisotopic (exact) mass is 450 g/mol. The predicted octanol–water partition coefficient (Wildman–Crippen LogP) is 3.76. The number of carbonyl (C=O) groups excluding carboxylic acids is 1. The molecule has 0 aliphatic heterocycles. The lowest BCUT2D eigenvalue weighted by molar-refractivity contribution is 0.0730. The Kier molecular flexibility index (Phi) is 7.15. The Balaban J connectivity index is 1.26. The highest BCUT2D eigenvalue weighted by atomic mass is 35.5. The Morgan fingerprint density at radius 2 is 2.03 bits per heavy atom. The van der Waals surface area contributed by atoms with E-state index in [2.05, 4.69) is 21.4 Å². The second-order valence-electron chi connectivity index (χ2n) is 8.09. The number of aliphatic hydroxyl groups is 1. The molecule has 2 heterocycles. The van der Waals surface area contributed by atoms with Crippen LogP contribution in [0.1, 0.15) is 51.3 Å². The van der Waals surface area contributed by atoms with E-state index in [9.17, 15) is 9.90 Å². The number of nitrogens with zero attached hydrogens (tertiary/aromatic N) is 3. The molecule has 2 atom stereocenters. The minimum absolute atomic E-state index is 0.0241. The largest absolute Gasteiger partial charge is 0.387 e. The van der Waals surface area contributed by atoms with Crippen LogP contribution in [0.4, 0.5) is 0 Å². The summed E-state index contributed by atoms with van der Waals surface area (Å²) in [6, 6.07) is 15.3. The van der Waals surface area contributed by atoms with Gasteiger partial charge in [-0.1, -0.05) is 35.9 Å². The van der Waals surface area contributed by atoms with E-state index < -0.39 is 6.10 Å². The Hall–Kier alpha value is -2.80. The molecule has 0 spiro atoms. The van der Waals surface area contributed by atoms with Crippen LogP contribution in [0.5, 0.6) is 0 Å². The lowest BCUT2D eigenvalue weighted by Gasteiger charge is -2.25. The summed E-state index contributed by atoms with van der Waals surface area (Å²) in [5.41, 5.74) is 4.80. The predicted molar refractivity (Wildman–Crippen MR) is 125 cm³/mol. The van der Waals surface area contributed by atoms with Gasteiger partial charge in [-0.15, -0.1) is 0 Å². The molecule has 2 unspecified atom stereocenters. The number of hydrogen-bond acceptors (Lipinski definition) is 5. The standard InChI is InChI=1S/C25H27ClN4O2/c1-30(22-10-9-21-20(22)3-2-13-28-21)25(32)18-6-4-17(5-7-18)12-14-27-16-23(31)19-8-11-24(26)29-15-19/h2-8,11,13,15,22-23,27,31H,9-10,12,14,16H2,1H3. The van der Waals surface area contributed by atoms with E-state index in [0.29, 0.717) is 17.3 Å². The summed E-state index contributed by atoms with van der Waals surface area (Å²) >= 11 is 5.78. The number of carbonyl (C=O) groups is 1. The maximum Gasteiger partial charge on any atom is 0.254 e. The second-order valence-corrected chi connectivity index (χ2v) is 8.48.